The van der Waals surface area contributed by atoms with Crippen molar-refractivity contribution < 1.29 is 26.3 Å². The van der Waals surface area contributed by atoms with E-state index in [1.54, 1.807) is 66.7 Å². The number of para-hydroxylation sites is 1. The average molecular weight is 714 g/mol. The fourth-order valence-corrected chi connectivity index (χ4v) is 6.94. The summed E-state index contributed by atoms with van der Waals surface area (Å²) in [5.74, 6) is 0.382. The molecule has 1 aliphatic heterocycles. The lowest BCUT2D eigenvalue weighted by atomic mass is 9.89. The Kier molecular flexibility index (Phi) is 8.18. The molecule has 53 heavy (non-hydrogen) atoms. The van der Waals surface area contributed by atoms with Crippen molar-refractivity contribution >= 4 is 11.4 Å². The first-order chi connectivity index (χ1) is 25.5. The molecular formula is C42H25F6N5. The Hall–Kier alpha value is -6.54. The second-order valence-corrected chi connectivity index (χ2v) is 12.6. The van der Waals surface area contributed by atoms with Gasteiger partial charge in [-0.05, 0) is 65.2 Å². The summed E-state index contributed by atoms with van der Waals surface area (Å²) in [6.45, 7) is 0. The quantitative estimate of drug-likeness (QED) is 0.166. The number of nitrogens with zero attached hydrogens (tertiary/aromatic N) is 5. The van der Waals surface area contributed by atoms with Crippen LogP contribution in [0.1, 0.15) is 22.6 Å². The SMILES string of the molecule is N#CC1=CC2C(C=C1)c1ccccc1N2c1ccc(-c2nc(-c3ccccc3)nc(-c3ccccc3)n2)c(-c2ccc(C(F)(F)F)cc2C(F)(F)F)c1. The van der Waals surface area contributed by atoms with Crippen LogP contribution in [-0.2, 0) is 12.4 Å². The van der Waals surface area contributed by atoms with Gasteiger partial charge in [0.05, 0.1) is 23.2 Å². The molecule has 0 saturated heterocycles. The van der Waals surface area contributed by atoms with E-state index in [-0.39, 0.29) is 40.6 Å². The summed E-state index contributed by atoms with van der Waals surface area (Å²) in [5, 5.41) is 9.74. The van der Waals surface area contributed by atoms with Crippen molar-refractivity contribution in [1.29, 1.82) is 5.26 Å². The normalized spacial score (nSPS) is 16.5. The van der Waals surface area contributed by atoms with Crippen molar-refractivity contribution in [3.05, 3.63) is 162 Å². The van der Waals surface area contributed by atoms with E-state index in [2.05, 4.69) is 11.1 Å². The van der Waals surface area contributed by atoms with Gasteiger partial charge < -0.3 is 4.90 Å². The Balaban J connectivity index is 1.41. The Labute approximate surface area is 299 Å². The number of aromatic nitrogens is 3. The molecule has 2 unspecified atom stereocenters. The second-order valence-electron chi connectivity index (χ2n) is 12.6. The molecule has 2 heterocycles. The van der Waals surface area contributed by atoms with Crippen LogP contribution in [0.15, 0.2) is 145 Å². The monoisotopic (exact) mass is 713 g/mol. The van der Waals surface area contributed by atoms with Crippen LogP contribution >= 0.6 is 0 Å². The Morgan fingerprint density at radius 2 is 1.21 bits per heavy atom. The number of anilines is 2. The highest BCUT2D eigenvalue weighted by Gasteiger charge is 2.41. The summed E-state index contributed by atoms with van der Waals surface area (Å²) in [7, 11) is 0. The van der Waals surface area contributed by atoms with E-state index in [9.17, 15) is 31.6 Å². The predicted octanol–water partition coefficient (Wildman–Crippen LogP) is 11.2. The maximum atomic E-state index is 14.8. The number of allylic oxidation sites excluding steroid dienone is 2. The van der Waals surface area contributed by atoms with E-state index in [0.29, 0.717) is 28.5 Å². The maximum absolute atomic E-state index is 14.8. The standard InChI is InChI=1S/C42H25F6N5/c43-41(44,45)28-16-19-30(35(22-28)42(46,47)48)34-23-29(53-36-14-8-7-13-31(36)32-18-15-25(24-49)21-37(32)53)17-20-33(34)40-51-38(26-9-3-1-4-10-26)50-39(52-40)27-11-5-2-6-12-27/h1-23,32,37H. The molecule has 0 bridgehead atoms. The number of fused-ring (bicyclic) bond motifs is 3. The van der Waals surface area contributed by atoms with Crippen LogP contribution in [-0.4, -0.2) is 21.0 Å². The zero-order valence-electron chi connectivity index (χ0n) is 27.4. The minimum Gasteiger partial charge on any atom is -0.333 e. The number of hydrogen-bond donors (Lipinski definition) is 0. The molecule has 11 heteroatoms. The van der Waals surface area contributed by atoms with Gasteiger partial charge in [0.15, 0.2) is 17.5 Å². The van der Waals surface area contributed by atoms with Gasteiger partial charge >= 0.3 is 12.4 Å². The highest BCUT2D eigenvalue weighted by Crippen LogP contribution is 2.50. The van der Waals surface area contributed by atoms with Crippen LogP contribution in [0, 0.1) is 11.3 Å². The minimum absolute atomic E-state index is 0.0271. The van der Waals surface area contributed by atoms with Crippen LogP contribution in [0.25, 0.3) is 45.3 Å². The largest absolute Gasteiger partial charge is 0.417 e. The molecule has 0 radical (unpaired) electrons. The summed E-state index contributed by atoms with van der Waals surface area (Å²) in [4.78, 5) is 16.1. The molecule has 0 N–H and O–H groups in total. The molecule has 0 saturated carbocycles. The van der Waals surface area contributed by atoms with E-state index < -0.39 is 35.1 Å². The van der Waals surface area contributed by atoms with Gasteiger partial charge in [0, 0.05) is 39.6 Å². The van der Waals surface area contributed by atoms with Crippen LogP contribution in [0.5, 0.6) is 0 Å². The molecule has 0 fully saturated rings. The number of benzene rings is 5. The second kappa shape index (κ2) is 12.9. The van der Waals surface area contributed by atoms with E-state index in [0.717, 1.165) is 17.3 Å². The molecule has 260 valence electrons. The molecule has 8 rings (SSSR count). The third-order valence-electron chi connectivity index (χ3n) is 9.35. The third kappa shape index (κ3) is 6.22. The zero-order chi connectivity index (χ0) is 36.9. The first-order valence-electron chi connectivity index (χ1n) is 16.5. The summed E-state index contributed by atoms with van der Waals surface area (Å²) in [6.07, 6.45) is -4.70. The maximum Gasteiger partial charge on any atom is 0.417 e. The van der Waals surface area contributed by atoms with Gasteiger partial charge in [-0.1, -0.05) is 91.0 Å². The number of hydrogen-bond acceptors (Lipinski definition) is 5. The fourth-order valence-electron chi connectivity index (χ4n) is 6.94. The molecule has 2 aliphatic rings. The van der Waals surface area contributed by atoms with E-state index in [4.69, 9.17) is 9.97 Å². The molecule has 2 atom stereocenters. The highest BCUT2D eigenvalue weighted by molar-refractivity contribution is 5.88. The highest BCUT2D eigenvalue weighted by atomic mass is 19.4. The van der Waals surface area contributed by atoms with Crippen molar-refractivity contribution in [2.45, 2.75) is 24.3 Å². The first kappa shape index (κ1) is 33.6. The average Bonchev–Trinajstić information content (AvgIpc) is 3.51. The first-order valence-corrected chi connectivity index (χ1v) is 16.5. The van der Waals surface area contributed by atoms with Crippen LogP contribution in [0.3, 0.4) is 0 Å². The van der Waals surface area contributed by atoms with Gasteiger partial charge in [-0.3, -0.25) is 0 Å². The van der Waals surface area contributed by atoms with Gasteiger partial charge in [0.1, 0.15) is 0 Å². The lowest BCUT2D eigenvalue weighted by Crippen LogP contribution is -2.29. The molecule has 1 aliphatic carbocycles. The van der Waals surface area contributed by atoms with Gasteiger partial charge in [-0.15, -0.1) is 0 Å². The molecule has 0 amide bonds. The Bertz CT molecular complexity index is 2410. The van der Waals surface area contributed by atoms with Crippen LogP contribution < -0.4 is 4.90 Å². The van der Waals surface area contributed by atoms with Gasteiger partial charge in [-0.25, -0.2) is 15.0 Å². The van der Waals surface area contributed by atoms with E-state index in [1.165, 1.54) is 6.07 Å². The van der Waals surface area contributed by atoms with Crippen molar-refractivity contribution in [2.24, 2.45) is 0 Å². The van der Waals surface area contributed by atoms with Crippen molar-refractivity contribution in [1.82, 2.24) is 15.0 Å². The number of halogens is 6. The summed E-state index contributed by atoms with van der Waals surface area (Å²) >= 11 is 0. The lowest BCUT2D eigenvalue weighted by Gasteiger charge is -2.30. The summed E-state index contributed by atoms with van der Waals surface area (Å²) in [5.41, 5.74) is 0.619. The van der Waals surface area contributed by atoms with Gasteiger partial charge in [0.2, 0.25) is 0 Å². The minimum atomic E-state index is -5.16. The Morgan fingerprint density at radius 1 is 0.604 bits per heavy atom. The zero-order valence-corrected chi connectivity index (χ0v) is 27.4. The van der Waals surface area contributed by atoms with Gasteiger partial charge in [0.25, 0.3) is 0 Å². The molecule has 6 aromatic rings. The summed E-state index contributed by atoms with van der Waals surface area (Å²) in [6, 6.07) is 33.8. The Morgan fingerprint density at radius 3 is 1.83 bits per heavy atom. The number of alkyl halides is 6. The van der Waals surface area contributed by atoms with Crippen molar-refractivity contribution in [2.75, 3.05) is 4.90 Å². The van der Waals surface area contributed by atoms with Crippen LogP contribution in [0.2, 0.25) is 0 Å². The lowest BCUT2D eigenvalue weighted by molar-refractivity contribution is -0.142. The van der Waals surface area contributed by atoms with Crippen molar-refractivity contribution in [3.8, 4) is 51.4 Å². The molecular weight excluding hydrogens is 688 g/mol. The van der Waals surface area contributed by atoms with E-state index >= 15 is 0 Å². The predicted molar refractivity (Wildman–Crippen MR) is 190 cm³/mol. The molecule has 0 spiro atoms. The molecule has 5 aromatic carbocycles. The van der Waals surface area contributed by atoms with E-state index in [1.807, 2.05) is 53.5 Å². The summed E-state index contributed by atoms with van der Waals surface area (Å²) < 4.78 is 86.0. The number of nitriles is 1. The topological polar surface area (TPSA) is 65.7 Å². The number of rotatable bonds is 5. The third-order valence-corrected chi connectivity index (χ3v) is 9.35. The molecule has 5 nitrogen and oxygen atoms in total. The molecule has 1 aromatic heterocycles. The van der Waals surface area contributed by atoms with Crippen LogP contribution in [0.4, 0.5) is 37.7 Å². The van der Waals surface area contributed by atoms with Gasteiger partial charge in [-0.2, -0.15) is 31.6 Å². The van der Waals surface area contributed by atoms with Crippen molar-refractivity contribution in [3.63, 3.8) is 0 Å². The fraction of sp³-hybridized carbons (Fsp3) is 0.0952. The smallest absolute Gasteiger partial charge is 0.333 e.